The predicted molar refractivity (Wildman–Crippen MR) is 113 cm³/mol. The van der Waals surface area contributed by atoms with Gasteiger partial charge in [0.25, 0.3) is 0 Å². The molecule has 172 valence electrons. The topological polar surface area (TPSA) is 93.1 Å². The van der Waals surface area contributed by atoms with Crippen molar-refractivity contribution in [3.05, 3.63) is 23.1 Å². The minimum Gasteiger partial charge on any atom is -0.393 e. The van der Waals surface area contributed by atoms with Gasteiger partial charge in [0.05, 0.1) is 40.8 Å². The minimum absolute atomic E-state index is 0.00220. The Morgan fingerprint density at radius 1 is 1.10 bits per heavy atom. The number of alkyl halides is 3. The summed E-state index contributed by atoms with van der Waals surface area (Å²) in [5.74, 6) is -0.144. The molecule has 3 N–H and O–H groups in total. The third kappa shape index (κ3) is 6.08. The maximum Gasteiger partial charge on any atom is 0.433 e. The van der Waals surface area contributed by atoms with Crippen molar-refractivity contribution in [1.82, 2.24) is 24.6 Å². The Balaban J connectivity index is 0.000000330. The molecule has 2 aromatic heterocycles. The summed E-state index contributed by atoms with van der Waals surface area (Å²) in [7, 11) is 1.94. The number of rotatable bonds is 2. The van der Waals surface area contributed by atoms with Gasteiger partial charge in [-0.05, 0) is 45.8 Å². The normalized spacial score (nSPS) is 19.2. The highest BCUT2D eigenvalue weighted by Crippen LogP contribution is 2.41. The zero-order valence-electron chi connectivity index (χ0n) is 17.4. The third-order valence-corrected chi connectivity index (χ3v) is 5.97. The Kier molecular flexibility index (Phi) is 7.77. The highest BCUT2D eigenvalue weighted by molar-refractivity contribution is 6.32. The van der Waals surface area contributed by atoms with Crippen LogP contribution >= 0.6 is 11.6 Å². The number of hydrogen-bond acceptors (Lipinski definition) is 6. The molecule has 1 aliphatic carbocycles. The number of halogens is 4. The molecule has 31 heavy (non-hydrogen) atoms. The average molecular weight is 461 g/mol. The SMILES string of the molecule is CN1CCC(n2ncc(-c3nc(N)ncc3Cl)c2C(F)(F)F)CC1.OC1CCCCC1. The molecule has 0 radical (unpaired) electrons. The number of aromatic nitrogens is 4. The van der Waals surface area contributed by atoms with E-state index in [0.29, 0.717) is 12.8 Å². The van der Waals surface area contributed by atoms with Gasteiger partial charge in [0.1, 0.15) is 0 Å². The van der Waals surface area contributed by atoms with Crippen molar-refractivity contribution in [2.45, 2.75) is 63.3 Å². The fourth-order valence-electron chi connectivity index (χ4n) is 3.99. The number of piperidine rings is 1. The van der Waals surface area contributed by atoms with E-state index < -0.39 is 11.9 Å². The van der Waals surface area contributed by atoms with Crippen LogP contribution in [0.4, 0.5) is 19.1 Å². The van der Waals surface area contributed by atoms with Crippen molar-refractivity contribution in [1.29, 1.82) is 0 Å². The van der Waals surface area contributed by atoms with Crippen molar-refractivity contribution in [3.8, 4) is 11.3 Å². The van der Waals surface area contributed by atoms with E-state index in [1.807, 2.05) is 7.05 Å². The van der Waals surface area contributed by atoms with Gasteiger partial charge in [-0.2, -0.15) is 18.3 Å². The molecule has 0 aromatic carbocycles. The Morgan fingerprint density at radius 3 is 2.29 bits per heavy atom. The molecule has 0 bridgehead atoms. The number of nitrogens with zero attached hydrogens (tertiary/aromatic N) is 5. The van der Waals surface area contributed by atoms with Crippen LogP contribution in [-0.2, 0) is 6.18 Å². The summed E-state index contributed by atoms with van der Waals surface area (Å²) in [6.07, 6.45) is 4.87. The van der Waals surface area contributed by atoms with E-state index in [-0.39, 0.29) is 34.4 Å². The summed E-state index contributed by atoms with van der Waals surface area (Å²) in [4.78, 5) is 9.62. The fourth-order valence-corrected chi connectivity index (χ4v) is 4.18. The standard InChI is InChI=1S/C14H16ClF3N6.C6H12O/c1-23-4-2-8(3-5-23)24-12(14(16,17)18)9(6-21-24)11-10(15)7-20-13(19)22-11;7-6-4-2-1-3-5-6/h6-8H,2-5H2,1H3,(H2,19,20,22);6-7H,1-5H2. The van der Waals surface area contributed by atoms with Gasteiger partial charge in [0.2, 0.25) is 5.95 Å². The maximum absolute atomic E-state index is 13.7. The first kappa shape index (κ1) is 23.7. The van der Waals surface area contributed by atoms with Crippen molar-refractivity contribution < 1.29 is 18.3 Å². The van der Waals surface area contributed by atoms with Gasteiger partial charge >= 0.3 is 6.18 Å². The molecule has 1 saturated heterocycles. The second-order valence-corrected chi connectivity index (χ2v) is 8.51. The number of nitrogens with two attached hydrogens (primary N) is 1. The molecule has 4 rings (SSSR count). The molecule has 2 aromatic rings. The molecule has 11 heteroatoms. The van der Waals surface area contributed by atoms with Crippen LogP contribution in [-0.4, -0.2) is 56.0 Å². The van der Waals surface area contributed by atoms with Crippen LogP contribution < -0.4 is 5.73 Å². The van der Waals surface area contributed by atoms with Crippen LogP contribution in [0, 0.1) is 0 Å². The molecule has 0 spiro atoms. The van der Waals surface area contributed by atoms with Crippen LogP contribution in [0.3, 0.4) is 0 Å². The van der Waals surface area contributed by atoms with Gasteiger partial charge in [-0.1, -0.05) is 30.9 Å². The largest absolute Gasteiger partial charge is 0.433 e. The van der Waals surface area contributed by atoms with E-state index >= 15 is 0 Å². The molecule has 0 atom stereocenters. The zero-order chi connectivity index (χ0) is 22.6. The Hall–Kier alpha value is -1.91. The van der Waals surface area contributed by atoms with Gasteiger partial charge in [-0.15, -0.1) is 0 Å². The predicted octanol–water partition coefficient (Wildman–Crippen LogP) is 4.17. The Morgan fingerprint density at radius 2 is 1.74 bits per heavy atom. The van der Waals surface area contributed by atoms with Crippen LogP contribution in [0.15, 0.2) is 12.4 Å². The summed E-state index contributed by atoms with van der Waals surface area (Å²) in [6.45, 7) is 1.44. The number of hydrogen-bond donors (Lipinski definition) is 2. The first-order valence-electron chi connectivity index (χ1n) is 10.5. The quantitative estimate of drug-likeness (QED) is 0.698. The maximum atomic E-state index is 13.7. The second-order valence-electron chi connectivity index (χ2n) is 8.10. The van der Waals surface area contributed by atoms with Gasteiger partial charge in [0, 0.05) is 0 Å². The lowest BCUT2D eigenvalue weighted by Crippen LogP contribution is -2.33. The number of anilines is 1. The molecule has 1 saturated carbocycles. The average Bonchev–Trinajstić information content (AvgIpc) is 3.17. The van der Waals surface area contributed by atoms with E-state index in [1.54, 1.807) is 0 Å². The zero-order valence-corrected chi connectivity index (χ0v) is 18.2. The number of aliphatic hydroxyl groups excluding tert-OH is 1. The molecule has 0 amide bonds. The highest BCUT2D eigenvalue weighted by Gasteiger charge is 2.41. The van der Waals surface area contributed by atoms with E-state index in [2.05, 4.69) is 20.0 Å². The van der Waals surface area contributed by atoms with E-state index in [4.69, 9.17) is 22.4 Å². The third-order valence-electron chi connectivity index (χ3n) is 5.69. The molecule has 7 nitrogen and oxygen atoms in total. The molecule has 0 unspecified atom stereocenters. The fraction of sp³-hybridized carbons (Fsp3) is 0.650. The lowest BCUT2D eigenvalue weighted by Gasteiger charge is -2.30. The first-order valence-corrected chi connectivity index (χ1v) is 10.8. The molecule has 2 fully saturated rings. The monoisotopic (exact) mass is 460 g/mol. The lowest BCUT2D eigenvalue weighted by molar-refractivity contribution is -0.144. The van der Waals surface area contributed by atoms with E-state index in [9.17, 15) is 13.2 Å². The summed E-state index contributed by atoms with van der Waals surface area (Å²) in [5, 5.41) is 12.9. The lowest BCUT2D eigenvalue weighted by atomic mass is 9.98. The molecule has 1 aliphatic heterocycles. The summed E-state index contributed by atoms with van der Waals surface area (Å²) < 4.78 is 42.2. The first-order chi connectivity index (χ1) is 14.7. The van der Waals surface area contributed by atoms with E-state index in [1.165, 1.54) is 25.5 Å². The second kappa shape index (κ2) is 10.1. The molecule has 2 aliphatic rings. The Labute approximate surface area is 184 Å². The van der Waals surface area contributed by atoms with Gasteiger partial charge in [-0.3, -0.25) is 4.68 Å². The van der Waals surface area contributed by atoms with Crippen molar-refractivity contribution >= 4 is 17.5 Å². The number of aliphatic hydroxyl groups is 1. The summed E-state index contributed by atoms with van der Waals surface area (Å²) in [6, 6.07) is -0.315. The smallest absolute Gasteiger partial charge is 0.393 e. The number of nitrogen functional groups attached to an aromatic ring is 1. The molecular formula is C20H28ClF3N6O. The van der Waals surface area contributed by atoms with Crippen molar-refractivity contribution in [3.63, 3.8) is 0 Å². The molecular weight excluding hydrogens is 433 g/mol. The van der Waals surface area contributed by atoms with E-state index in [0.717, 1.165) is 36.8 Å². The van der Waals surface area contributed by atoms with Crippen molar-refractivity contribution in [2.24, 2.45) is 0 Å². The minimum atomic E-state index is -4.59. The summed E-state index contributed by atoms with van der Waals surface area (Å²) in [5.41, 5.74) is 4.40. The van der Waals surface area contributed by atoms with Crippen LogP contribution in [0.25, 0.3) is 11.3 Å². The highest BCUT2D eigenvalue weighted by atomic mass is 35.5. The van der Waals surface area contributed by atoms with Crippen molar-refractivity contribution in [2.75, 3.05) is 25.9 Å². The molecule has 3 heterocycles. The number of likely N-dealkylation sites (tertiary alicyclic amines) is 1. The Bertz CT molecular complexity index is 861. The van der Waals surface area contributed by atoms with Gasteiger partial charge < -0.3 is 15.7 Å². The summed E-state index contributed by atoms with van der Waals surface area (Å²) >= 11 is 5.98. The van der Waals surface area contributed by atoms with Gasteiger partial charge in [0.15, 0.2) is 5.69 Å². The van der Waals surface area contributed by atoms with Crippen LogP contribution in [0.5, 0.6) is 0 Å². The van der Waals surface area contributed by atoms with Crippen LogP contribution in [0.2, 0.25) is 5.02 Å². The van der Waals surface area contributed by atoms with Gasteiger partial charge in [-0.25, -0.2) is 9.97 Å². The van der Waals surface area contributed by atoms with Crippen LogP contribution in [0.1, 0.15) is 56.7 Å².